The van der Waals surface area contributed by atoms with Crippen LogP contribution in [0.1, 0.15) is 18.1 Å². The maximum Gasteiger partial charge on any atom is 0.241 e. The molecule has 1 atom stereocenters. The first-order chi connectivity index (χ1) is 13.6. The van der Waals surface area contributed by atoms with E-state index < -0.39 is 5.82 Å². The summed E-state index contributed by atoms with van der Waals surface area (Å²) in [6, 6.07) is 14.1. The number of morpholine rings is 1. The van der Waals surface area contributed by atoms with E-state index >= 15 is 0 Å². The molecule has 0 radical (unpaired) electrons. The van der Waals surface area contributed by atoms with Crippen molar-refractivity contribution in [1.82, 2.24) is 4.90 Å². The zero-order chi connectivity index (χ0) is 19.9. The summed E-state index contributed by atoms with van der Waals surface area (Å²) in [6.07, 6.45) is -0.148. The zero-order valence-corrected chi connectivity index (χ0v) is 15.4. The molecule has 2 aromatic rings. The van der Waals surface area contributed by atoms with Crippen LogP contribution >= 0.6 is 0 Å². The van der Waals surface area contributed by atoms with E-state index in [1.165, 1.54) is 29.2 Å². The van der Waals surface area contributed by atoms with Gasteiger partial charge < -0.3 is 9.64 Å². The molecule has 3 rings (SSSR count). The number of hydrogen-bond acceptors (Lipinski definition) is 4. The van der Waals surface area contributed by atoms with Gasteiger partial charge in [0.2, 0.25) is 5.91 Å². The van der Waals surface area contributed by atoms with Gasteiger partial charge in [0, 0.05) is 19.6 Å². The molecular weight excluding hydrogens is 364 g/mol. The third kappa shape index (κ3) is 4.91. The number of hydrogen-bond donors (Lipinski definition) is 0. The Balaban J connectivity index is 1.69. The minimum absolute atomic E-state index is 0.0841. The predicted molar refractivity (Wildman–Crippen MR) is 101 cm³/mol. The Labute approximate surface area is 162 Å². The third-order valence-electron chi connectivity index (χ3n) is 4.64. The topological polar surface area (TPSA) is 56.6 Å². The Morgan fingerprint density at radius 2 is 1.96 bits per heavy atom. The number of para-hydroxylation sites is 1. The summed E-state index contributed by atoms with van der Waals surface area (Å²) in [4.78, 5) is 16.1. The van der Waals surface area contributed by atoms with Gasteiger partial charge in [-0.25, -0.2) is 8.78 Å². The van der Waals surface area contributed by atoms with Gasteiger partial charge in [0.25, 0.3) is 0 Å². The number of carbonyl (C=O) groups excluding carboxylic acids is 1. The summed E-state index contributed by atoms with van der Waals surface area (Å²) in [7, 11) is 0. The molecule has 0 N–H and O–H groups in total. The van der Waals surface area contributed by atoms with Crippen LogP contribution in [-0.4, -0.2) is 43.6 Å². The highest BCUT2D eigenvalue weighted by molar-refractivity contribution is 5.95. The van der Waals surface area contributed by atoms with Crippen LogP contribution in [0.25, 0.3) is 0 Å². The molecule has 1 aliphatic rings. The van der Waals surface area contributed by atoms with Crippen LogP contribution in [0.4, 0.5) is 14.5 Å². The van der Waals surface area contributed by atoms with Gasteiger partial charge in [-0.3, -0.25) is 9.69 Å². The molecule has 7 heteroatoms. The van der Waals surface area contributed by atoms with Crippen molar-refractivity contribution in [2.75, 3.05) is 37.7 Å². The van der Waals surface area contributed by atoms with Gasteiger partial charge in [-0.1, -0.05) is 24.3 Å². The molecule has 1 unspecified atom stereocenters. The van der Waals surface area contributed by atoms with E-state index in [2.05, 4.69) is 0 Å². The smallest absolute Gasteiger partial charge is 0.241 e. The fourth-order valence-corrected chi connectivity index (χ4v) is 3.21. The summed E-state index contributed by atoms with van der Waals surface area (Å²) in [5.41, 5.74) is 1.01. The molecule has 0 bridgehead atoms. The first kappa shape index (κ1) is 19.9. The quantitative estimate of drug-likeness (QED) is 0.766. The molecule has 28 heavy (non-hydrogen) atoms. The highest BCUT2D eigenvalue weighted by Gasteiger charge is 2.26. The SMILES string of the molecule is N#CCCN(C(=O)CN1CCOC(c2ccc(F)cc2)C1)c1ccccc1F. The van der Waals surface area contributed by atoms with Crippen molar-refractivity contribution in [3.63, 3.8) is 0 Å². The molecule has 0 saturated carbocycles. The highest BCUT2D eigenvalue weighted by Crippen LogP contribution is 2.24. The maximum absolute atomic E-state index is 14.2. The standard InChI is InChI=1S/C21H21F2N3O2/c22-17-8-6-16(7-9-17)20-14-25(12-13-28-20)15-21(27)26(11-3-10-24)19-5-2-1-4-18(19)23/h1-2,4-9,20H,3,11-15H2. The second kappa shape index (κ2) is 9.40. The number of amides is 1. The molecule has 2 aromatic carbocycles. The van der Waals surface area contributed by atoms with Crippen LogP contribution < -0.4 is 4.90 Å². The zero-order valence-electron chi connectivity index (χ0n) is 15.4. The summed E-state index contributed by atoms with van der Waals surface area (Å²) < 4.78 is 33.1. The van der Waals surface area contributed by atoms with Crippen molar-refractivity contribution in [3.8, 4) is 6.07 Å². The van der Waals surface area contributed by atoms with Crippen LogP contribution in [0.5, 0.6) is 0 Å². The second-order valence-corrected chi connectivity index (χ2v) is 6.55. The van der Waals surface area contributed by atoms with Gasteiger partial charge >= 0.3 is 0 Å². The van der Waals surface area contributed by atoms with Crippen molar-refractivity contribution in [2.45, 2.75) is 12.5 Å². The summed E-state index contributed by atoms with van der Waals surface area (Å²) in [5.74, 6) is -1.09. The molecule has 146 valence electrons. The van der Waals surface area contributed by atoms with Gasteiger partial charge in [0.1, 0.15) is 11.6 Å². The van der Waals surface area contributed by atoms with Crippen LogP contribution in [0.2, 0.25) is 0 Å². The van der Waals surface area contributed by atoms with E-state index in [1.807, 2.05) is 11.0 Å². The monoisotopic (exact) mass is 385 g/mol. The Hall–Kier alpha value is -2.82. The van der Waals surface area contributed by atoms with Crippen molar-refractivity contribution in [3.05, 3.63) is 65.7 Å². The van der Waals surface area contributed by atoms with E-state index in [0.717, 1.165) is 5.56 Å². The van der Waals surface area contributed by atoms with Crippen LogP contribution in [-0.2, 0) is 9.53 Å². The summed E-state index contributed by atoms with van der Waals surface area (Å²) in [6.45, 7) is 1.68. The second-order valence-electron chi connectivity index (χ2n) is 6.55. The predicted octanol–water partition coefficient (Wildman–Crippen LogP) is 3.28. The molecule has 0 aromatic heterocycles. The number of ether oxygens (including phenoxy) is 1. The van der Waals surface area contributed by atoms with Crippen molar-refractivity contribution < 1.29 is 18.3 Å². The normalized spacial score (nSPS) is 17.1. The van der Waals surface area contributed by atoms with E-state index in [9.17, 15) is 13.6 Å². The number of benzene rings is 2. The molecule has 1 saturated heterocycles. The molecule has 1 aliphatic heterocycles. The van der Waals surface area contributed by atoms with Crippen molar-refractivity contribution in [2.24, 2.45) is 0 Å². The van der Waals surface area contributed by atoms with Crippen LogP contribution in [0, 0.1) is 23.0 Å². The van der Waals surface area contributed by atoms with Gasteiger partial charge in [-0.2, -0.15) is 5.26 Å². The maximum atomic E-state index is 14.2. The lowest BCUT2D eigenvalue weighted by Gasteiger charge is -2.34. The fraction of sp³-hybridized carbons (Fsp3) is 0.333. The fourth-order valence-electron chi connectivity index (χ4n) is 3.21. The Morgan fingerprint density at radius 1 is 1.21 bits per heavy atom. The summed E-state index contributed by atoms with van der Waals surface area (Å²) >= 11 is 0. The number of rotatable bonds is 6. The number of carbonyl (C=O) groups is 1. The third-order valence-corrected chi connectivity index (χ3v) is 4.64. The van der Waals surface area contributed by atoms with Crippen LogP contribution in [0.15, 0.2) is 48.5 Å². The largest absolute Gasteiger partial charge is 0.371 e. The van der Waals surface area contributed by atoms with Gasteiger partial charge in [0.15, 0.2) is 0 Å². The minimum atomic E-state index is -0.500. The Morgan fingerprint density at radius 3 is 2.68 bits per heavy atom. The number of nitrogens with zero attached hydrogens (tertiary/aromatic N) is 3. The average molecular weight is 385 g/mol. The molecular formula is C21H21F2N3O2. The minimum Gasteiger partial charge on any atom is -0.371 e. The van der Waals surface area contributed by atoms with E-state index in [4.69, 9.17) is 10.00 Å². The Kier molecular flexibility index (Phi) is 6.69. The van der Waals surface area contributed by atoms with Gasteiger partial charge in [-0.15, -0.1) is 0 Å². The van der Waals surface area contributed by atoms with E-state index in [0.29, 0.717) is 19.7 Å². The molecule has 1 heterocycles. The van der Waals surface area contributed by atoms with E-state index in [-0.39, 0.29) is 43.0 Å². The number of anilines is 1. The lowest BCUT2D eigenvalue weighted by atomic mass is 10.1. The first-order valence-corrected chi connectivity index (χ1v) is 9.09. The molecule has 1 fully saturated rings. The summed E-state index contributed by atoms with van der Waals surface area (Å²) in [5, 5.41) is 8.88. The molecule has 1 amide bonds. The van der Waals surface area contributed by atoms with Crippen molar-refractivity contribution >= 4 is 11.6 Å². The lowest BCUT2D eigenvalue weighted by molar-refractivity contribution is -0.121. The number of nitriles is 1. The molecule has 0 aliphatic carbocycles. The first-order valence-electron chi connectivity index (χ1n) is 9.09. The van der Waals surface area contributed by atoms with Gasteiger partial charge in [-0.05, 0) is 29.8 Å². The lowest BCUT2D eigenvalue weighted by Crippen LogP contribution is -2.46. The average Bonchev–Trinajstić information content (AvgIpc) is 2.70. The van der Waals surface area contributed by atoms with Gasteiger partial charge in [0.05, 0.1) is 37.4 Å². The number of halogens is 2. The Bertz CT molecular complexity index is 851. The van der Waals surface area contributed by atoms with Crippen LogP contribution in [0.3, 0.4) is 0 Å². The van der Waals surface area contributed by atoms with E-state index in [1.54, 1.807) is 24.3 Å². The van der Waals surface area contributed by atoms with Crippen molar-refractivity contribution in [1.29, 1.82) is 5.26 Å². The highest BCUT2D eigenvalue weighted by atomic mass is 19.1. The molecule has 0 spiro atoms. The molecule has 5 nitrogen and oxygen atoms in total.